The first-order valence-electron chi connectivity index (χ1n) is 9.57. The van der Waals surface area contributed by atoms with Crippen LogP contribution in [0.4, 0.5) is 5.00 Å². The number of hydrogen-bond acceptors (Lipinski definition) is 3. The van der Waals surface area contributed by atoms with E-state index in [1.54, 1.807) is 29.2 Å². The molecule has 0 spiro atoms. The molecule has 1 atom stereocenters. The maximum Gasteiger partial charge on any atom is 0.257 e. The van der Waals surface area contributed by atoms with Gasteiger partial charge in [0, 0.05) is 23.5 Å². The second-order valence-corrected chi connectivity index (χ2v) is 8.27. The van der Waals surface area contributed by atoms with Gasteiger partial charge in [0.25, 0.3) is 11.8 Å². The maximum absolute atomic E-state index is 13.4. The molecule has 0 bridgehead atoms. The van der Waals surface area contributed by atoms with Crippen LogP contribution in [-0.4, -0.2) is 29.8 Å². The summed E-state index contributed by atoms with van der Waals surface area (Å²) in [6, 6.07) is 9.08. The number of thiophene rings is 1. The minimum Gasteiger partial charge on any atom is -0.331 e. The Hall–Kier alpha value is -2.66. The second kappa shape index (κ2) is 9.02. The van der Waals surface area contributed by atoms with E-state index in [-0.39, 0.29) is 11.8 Å². The summed E-state index contributed by atoms with van der Waals surface area (Å²) in [5.41, 5.74) is 2.31. The zero-order valence-corrected chi connectivity index (χ0v) is 17.1. The molecule has 0 aliphatic heterocycles. The number of nitrogens with one attached hydrogen (secondary N) is 1. The molecule has 1 N–H and O–H groups in total. The number of fused-ring (bicyclic) bond motifs is 1. The minimum atomic E-state index is -0.194. The Morgan fingerprint density at radius 1 is 1.21 bits per heavy atom. The van der Waals surface area contributed by atoms with Crippen molar-refractivity contribution in [3.8, 4) is 0 Å². The van der Waals surface area contributed by atoms with Crippen molar-refractivity contribution >= 4 is 28.2 Å². The Balaban J connectivity index is 1.99. The lowest BCUT2D eigenvalue weighted by molar-refractivity contribution is 0.0791. The average Bonchev–Trinajstić information content (AvgIpc) is 3.04. The van der Waals surface area contributed by atoms with E-state index < -0.39 is 0 Å². The Kier molecular flexibility index (Phi) is 6.47. The van der Waals surface area contributed by atoms with Crippen LogP contribution in [0, 0.1) is 5.92 Å². The Morgan fingerprint density at radius 3 is 2.54 bits per heavy atom. The van der Waals surface area contributed by atoms with Gasteiger partial charge >= 0.3 is 0 Å². The van der Waals surface area contributed by atoms with Crippen molar-refractivity contribution in [2.45, 2.75) is 26.2 Å². The molecule has 3 rings (SSSR count). The van der Waals surface area contributed by atoms with Gasteiger partial charge in [-0.05, 0) is 42.9 Å². The van der Waals surface area contributed by atoms with E-state index >= 15 is 0 Å². The van der Waals surface area contributed by atoms with Crippen molar-refractivity contribution < 1.29 is 9.59 Å². The van der Waals surface area contributed by atoms with Crippen LogP contribution in [0.2, 0.25) is 0 Å². The van der Waals surface area contributed by atoms with Gasteiger partial charge in [-0.3, -0.25) is 9.59 Å². The minimum absolute atomic E-state index is 0.0739. The highest BCUT2D eigenvalue weighted by atomic mass is 32.1. The summed E-state index contributed by atoms with van der Waals surface area (Å²) in [4.78, 5) is 29.0. The molecule has 4 nitrogen and oxygen atoms in total. The molecule has 5 heteroatoms. The summed E-state index contributed by atoms with van der Waals surface area (Å²) in [5.74, 6) is 0.319. The first-order valence-corrected chi connectivity index (χ1v) is 10.4. The van der Waals surface area contributed by atoms with E-state index in [9.17, 15) is 9.59 Å². The van der Waals surface area contributed by atoms with Crippen LogP contribution in [-0.2, 0) is 12.8 Å². The van der Waals surface area contributed by atoms with Crippen molar-refractivity contribution in [3.63, 3.8) is 0 Å². The second-order valence-electron chi connectivity index (χ2n) is 7.16. The fourth-order valence-corrected chi connectivity index (χ4v) is 4.94. The van der Waals surface area contributed by atoms with E-state index in [2.05, 4.69) is 25.4 Å². The normalized spacial score (nSPS) is 15.4. The first-order chi connectivity index (χ1) is 13.5. The largest absolute Gasteiger partial charge is 0.331 e. The highest BCUT2D eigenvalue weighted by Gasteiger charge is 2.30. The molecule has 1 aromatic heterocycles. The number of carbonyl (C=O) groups is 2. The molecule has 1 aliphatic rings. The van der Waals surface area contributed by atoms with Gasteiger partial charge in [-0.15, -0.1) is 24.5 Å². The molecular formula is C23H26N2O2S. The number of nitrogens with zero attached hydrogens (tertiary/aromatic N) is 1. The molecule has 28 heavy (non-hydrogen) atoms. The van der Waals surface area contributed by atoms with E-state index in [0.717, 1.165) is 24.8 Å². The lowest BCUT2D eigenvalue weighted by Gasteiger charge is -2.23. The van der Waals surface area contributed by atoms with Crippen molar-refractivity contribution in [2.75, 3.05) is 18.4 Å². The fourth-order valence-electron chi connectivity index (χ4n) is 3.54. The standard InChI is InChI=1S/C23H26N2O2S/c1-4-13-25(14-5-2)23(27)20-18-12-11-16(3)15-19(18)28-22(20)24-21(26)17-9-7-6-8-10-17/h4-10,16H,1-2,11-15H2,3H3,(H,24,26)/t16-/m0/s1. The Morgan fingerprint density at radius 2 is 1.89 bits per heavy atom. The molecule has 0 unspecified atom stereocenters. The Labute approximate surface area is 170 Å². The molecular weight excluding hydrogens is 368 g/mol. The summed E-state index contributed by atoms with van der Waals surface area (Å²) < 4.78 is 0. The van der Waals surface area contributed by atoms with Crippen LogP contribution in [0.15, 0.2) is 55.6 Å². The van der Waals surface area contributed by atoms with Crippen molar-refractivity contribution in [1.82, 2.24) is 4.90 Å². The van der Waals surface area contributed by atoms with Gasteiger partial charge in [0.05, 0.1) is 5.56 Å². The molecule has 0 fully saturated rings. The topological polar surface area (TPSA) is 49.4 Å². The Bertz CT molecular complexity index is 876. The molecule has 1 aromatic carbocycles. The van der Waals surface area contributed by atoms with Gasteiger partial charge in [-0.2, -0.15) is 0 Å². The molecule has 0 saturated carbocycles. The smallest absolute Gasteiger partial charge is 0.257 e. The van der Waals surface area contributed by atoms with Gasteiger partial charge in [0.1, 0.15) is 5.00 Å². The summed E-state index contributed by atoms with van der Waals surface area (Å²) in [6.45, 7) is 10.6. The predicted molar refractivity (Wildman–Crippen MR) is 116 cm³/mol. The maximum atomic E-state index is 13.4. The summed E-state index contributed by atoms with van der Waals surface area (Å²) >= 11 is 1.54. The van der Waals surface area contributed by atoms with Gasteiger partial charge in [0.2, 0.25) is 0 Å². The van der Waals surface area contributed by atoms with E-state index in [4.69, 9.17) is 0 Å². The number of anilines is 1. The first kappa shape index (κ1) is 20.1. The van der Waals surface area contributed by atoms with Gasteiger partial charge < -0.3 is 10.2 Å². The third-order valence-corrected chi connectivity index (χ3v) is 6.14. The highest BCUT2D eigenvalue weighted by molar-refractivity contribution is 7.17. The van der Waals surface area contributed by atoms with E-state index in [1.165, 1.54) is 16.2 Å². The summed E-state index contributed by atoms with van der Waals surface area (Å²) in [6.07, 6.45) is 6.30. The lowest BCUT2D eigenvalue weighted by Crippen LogP contribution is -2.32. The number of rotatable bonds is 7. The molecule has 0 saturated heterocycles. The summed E-state index contributed by atoms with van der Waals surface area (Å²) in [7, 11) is 0. The van der Waals surface area contributed by atoms with Gasteiger partial charge in [-0.25, -0.2) is 0 Å². The molecule has 1 heterocycles. The average molecular weight is 395 g/mol. The zero-order valence-electron chi connectivity index (χ0n) is 16.2. The van der Waals surface area contributed by atoms with Crippen LogP contribution in [0.3, 0.4) is 0 Å². The fraction of sp³-hybridized carbons (Fsp3) is 0.304. The predicted octanol–water partition coefficient (Wildman–Crippen LogP) is 4.94. The van der Waals surface area contributed by atoms with Crippen molar-refractivity contribution in [3.05, 3.63) is 77.2 Å². The number of carbonyl (C=O) groups excluding carboxylic acids is 2. The third kappa shape index (κ3) is 4.25. The quantitative estimate of drug-likeness (QED) is 0.676. The highest BCUT2D eigenvalue weighted by Crippen LogP contribution is 2.40. The third-order valence-electron chi connectivity index (χ3n) is 4.97. The molecule has 2 aromatic rings. The molecule has 1 aliphatic carbocycles. The zero-order chi connectivity index (χ0) is 20.1. The molecule has 2 amide bonds. The molecule has 146 valence electrons. The number of amides is 2. The van der Waals surface area contributed by atoms with Crippen LogP contribution in [0.5, 0.6) is 0 Å². The van der Waals surface area contributed by atoms with Crippen LogP contribution < -0.4 is 5.32 Å². The van der Waals surface area contributed by atoms with E-state index in [0.29, 0.717) is 35.1 Å². The SMILES string of the molecule is C=CCN(CC=C)C(=O)c1c(NC(=O)c2ccccc2)sc2c1CC[C@H](C)C2. The van der Waals surface area contributed by atoms with Crippen LogP contribution >= 0.6 is 11.3 Å². The number of benzene rings is 1. The van der Waals surface area contributed by atoms with Crippen molar-refractivity contribution in [1.29, 1.82) is 0 Å². The number of hydrogen-bond donors (Lipinski definition) is 1. The monoisotopic (exact) mass is 394 g/mol. The summed E-state index contributed by atoms with van der Waals surface area (Å²) in [5, 5.41) is 3.65. The van der Waals surface area contributed by atoms with Crippen LogP contribution in [0.25, 0.3) is 0 Å². The molecule has 0 radical (unpaired) electrons. The van der Waals surface area contributed by atoms with Crippen LogP contribution in [0.1, 0.15) is 44.5 Å². The van der Waals surface area contributed by atoms with Gasteiger partial charge in [0.15, 0.2) is 0 Å². The lowest BCUT2D eigenvalue weighted by atomic mass is 9.88. The van der Waals surface area contributed by atoms with Gasteiger partial charge in [-0.1, -0.05) is 37.3 Å². The van der Waals surface area contributed by atoms with Crippen molar-refractivity contribution in [2.24, 2.45) is 5.92 Å². The van der Waals surface area contributed by atoms with E-state index in [1.807, 2.05) is 18.2 Å².